The number of anilines is 2. The second-order valence-corrected chi connectivity index (χ2v) is 10.8. The van der Waals surface area contributed by atoms with Gasteiger partial charge in [0.25, 0.3) is 5.91 Å². The Labute approximate surface area is 245 Å². The molecule has 1 saturated carbocycles. The van der Waals surface area contributed by atoms with Crippen molar-refractivity contribution < 1.29 is 19.1 Å². The van der Waals surface area contributed by atoms with Crippen molar-refractivity contribution >= 4 is 46.5 Å². The molecule has 9 heteroatoms. The van der Waals surface area contributed by atoms with Crippen LogP contribution < -0.4 is 15.5 Å². The van der Waals surface area contributed by atoms with Crippen LogP contribution >= 0.6 is 12.2 Å². The predicted octanol–water partition coefficient (Wildman–Crippen LogP) is 4.76. The summed E-state index contributed by atoms with van der Waals surface area (Å²) in [6, 6.07) is 24.4. The van der Waals surface area contributed by atoms with Crippen LogP contribution in [0.5, 0.6) is 0 Å². The standard InChI is InChI=1S/C32H34N4O4S/c1-40-29(38)24-14-15-27(35-18-20-36(21-19-35)28(37)23-10-4-2-5-11-23)26(22-24)33-31(41)34-30(39)32(16-8-9-17-32)25-12-6-3-7-13-25/h2-7,10-15,22H,8-9,16-21H2,1H3,(H2,33,34,39,41). The van der Waals surface area contributed by atoms with E-state index < -0.39 is 11.4 Å². The first-order valence-electron chi connectivity index (χ1n) is 13.9. The van der Waals surface area contributed by atoms with E-state index in [0.717, 1.165) is 36.9 Å². The molecule has 0 spiro atoms. The third-order valence-electron chi connectivity index (χ3n) is 8.04. The molecule has 5 rings (SSSR count). The number of thiocarbonyl (C=S) groups is 1. The summed E-state index contributed by atoms with van der Waals surface area (Å²) in [4.78, 5) is 42.9. The topological polar surface area (TPSA) is 91.0 Å². The molecule has 2 N–H and O–H groups in total. The number of nitrogens with zero attached hydrogens (tertiary/aromatic N) is 2. The Kier molecular flexibility index (Phi) is 8.64. The van der Waals surface area contributed by atoms with E-state index in [-0.39, 0.29) is 16.9 Å². The third kappa shape index (κ3) is 6.10. The summed E-state index contributed by atoms with van der Waals surface area (Å²) in [6.07, 6.45) is 3.49. The van der Waals surface area contributed by atoms with Crippen molar-refractivity contribution in [2.24, 2.45) is 0 Å². The van der Waals surface area contributed by atoms with Gasteiger partial charge < -0.3 is 25.2 Å². The van der Waals surface area contributed by atoms with Crippen LogP contribution in [0.3, 0.4) is 0 Å². The molecule has 0 unspecified atom stereocenters. The van der Waals surface area contributed by atoms with Crippen molar-refractivity contribution in [2.75, 3.05) is 43.5 Å². The fourth-order valence-electron chi connectivity index (χ4n) is 5.83. The second kappa shape index (κ2) is 12.5. The van der Waals surface area contributed by atoms with Crippen molar-refractivity contribution in [3.8, 4) is 0 Å². The summed E-state index contributed by atoms with van der Waals surface area (Å²) in [7, 11) is 1.34. The highest BCUT2D eigenvalue weighted by Crippen LogP contribution is 2.41. The number of methoxy groups -OCH3 is 1. The maximum Gasteiger partial charge on any atom is 0.337 e. The lowest BCUT2D eigenvalue weighted by atomic mass is 9.78. The molecule has 1 aliphatic heterocycles. The van der Waals surface area contributed by atoms with Crippen molar-refractivity contribution in [3.63, 3.8) is 0 Å². The van der Waals surface area contributed by atoms with Crippen LogP contribution in [0.2, 0.25) is 0 Å². The Hall–Kier alpha value is -4.24. The maximum atomic E-state index is 13.6. The molecular formula is C32H34N4O4S. The van der Waals surface area contributed by atoms with Crippen LogP contribution in [-0.4, -0.2) is 61.1 Å². The van der Waals surface area contributed by atoms with E-state index >= 15 is 0 Å². The van der Waals surface area contributed by atoms with Gasteiger partial charge in [0.1, 0.15) is 0 Å². The van der Waals surface area contributed by atoms with Crippen LogP contribution in [0.15, 0.2) is 78.9 Å². The number of amides is 2. The number of piperazine rings is 1. The molecule has 2 amide bonds. The normalized spacial score (nSPS) is 16.1. The van der Waals surface area contributed by atoms with E-state index in [2.05, 4.69) is 15.5 Å². The molecule has 8 nitrogen and oxygen atoms in total. The highest BCUT2D eigenvalue weighted by Gasteiger charge is 2.43. The molecule has 1 aliphatic carbocycles. The van der Waals surface area contributed by atoms with Gasteiger partial charge in [0.15, 0.2) is 5.11 Å². The first-order valence-corrected chi connectivity index (χ1v) is 14.3. The number of benzene rings is 3. The largest absolute Gasteiger partial charge is 0.465 e. The summed E-state index contributed by atoms with van der Waals surface area (Å²) in [6.45, 7) is 2.29. The van der Waals surface area contributed by atoms with Crippen LogP contribution in [0.25, 0.3) is 0 Å². The van der Waals surface area contributed by atoms with Gasteiger partial charge in [0, 0.05) is 31.7 Å². The minimum Gasteiger partial charge on any atom is -0.465 e. The van der Waals surface area contributed by atoms with E-state index in [1.807, 2.05) is 71.6 Å². The Morgan fingerprint density at radius 3 is 2.10 bits per heavy atom. The minimum absolute atomic E-state index is 0.00721. The molecule has 0 radical (unpaired) electrons. The molecule has 2 aliphatic rings. The SMILES string of the molecule is COC(=O)c1ccc(N2CCN(C(=O)c3ccccc3)CC2)c(NC(=S)NC(=O)C2(c3ccccc3)CCCC2)c1. The number of carbonyl (C=O) groups excluding carboxylic acids is 3. The quantitative estimate of drug-likeness (QED) is 0.326. The minimum atomic E-state index is -0.620. The van der Waals surface area contributed by atoms with Crippen molar-refractivity contribution in [3.05, 3.63) is 95.6 Å². The molecule has 1 heterocycles. The lowest BCUT2D eigenvalue weighted by Gasteiger charge is -2.37. The fraction of sp³-hybridized carbons (Fsp3) is 0.312. The molecule has 212 valence electrons. The van der Waals surface area contributed by atoms with Crippen LogP contribution in [0.4, 0.5) is 11.4 Å². The second-order valence-electron chi connectivity index (χ2n) is 10.4. The maximum absolute atomic E-state index is 13.6. The van der Waals surface area contributed by atoms with Gasteiger partial charge in [-0.1, -0.05) is 61.4 Å². The molecular weight excluding hydrogens is 536 g/mol. The van der Waals surface area contributed by atoms with Crippen molar-refractivity contribution in [1.82, 2.24) is 10.2 Å². The number of rotatable bonds is 6. The Bertz CT molecular complexity index is 1420. The average molecular weight is 571 g/mol. The van der Waals surface area contributed by atoms with Gasteiger partial charge in [-0.15, -0.1) is 0 Å². The fourth-order valence-corrected chi connectivity index (χ4v) is 6.03. The summed E-state index contributed by atoms with van der Waals surface area (Å²) >= 11 is 5.62. The Balaban J connectivity index is 1.32. The molecule has 0 atom stereocenters. The van der Waals surface area contributed by atoms with Crippen LogP contribution in [0.1, 0.15) is 52.0 Å². The van der Waals surface area contributed by atoms with E-state index in [1.165, 1.54) is 7.11 Å². The van der Waals surface area contributed by atoms with E-state index in [4.69, 9.17) is 17.0 Å². The van der Waals surface area contributed by atoms with E-state index in [0.29, 0.717) is 43.0 Å². The van der Waals surface area contributed by atoms with E-state index in [1.54, 1.807) is 12.1 Å². The van der Waals surface area contributed by atoms with Crippen molar-refractivity contribution in [1.29, 1.82) is 0 Å². The average Bonchev–Trinajstić information content (AvgIpc) is 3.53. The first-order chi connectivity index (χ1) is 19.9. The molecule has 41 heavy (non-hydrogen) atoms. The Morgan fingerprint density at radius 2 is 1.46 bits per heavy atom. The van der Waals surface area contributed by atoms with Crippen LogP contribution in [-0.2, 0) is 14.9 Å². The zero-order valence-electron chi connectivity index (χ0n) is 23.1. The highest BCUT2D eigenvalue weighted by atomic mass is 32.1. The number of nitrogens with one attached hydrogen (secondary N) is 2. The van der Waals surface area contributed by atoms with E-state index in [9.17, 15) is 14.4 Å². The lowest BCUT2D eigenvalue weighted by Crippen LogP contribution is -2.49. The summed E-state index contributed by atoms with van der Waals surface area (Å²) < 4.78 is 4.93. The molecule has 2 fully saturated rings. The van der Waals surface area contributed by atoms with Crippen molar-refractivity contribution in [2.45, 2.75) is 31.1 Å². The summed E-state index contributed by atoms with van der Waals surface area (Å²) in [5.41, 5.74) is 2.81. The number of hydrogen-bond acceptors (Lipinski definition) is 6. The Morgan fingerprint density at radius 1 is 0.829 bits per heavy atom. The molecule has 3 aromatic carbocycles. The lowest BCUT2D eigenvalue weighted by molar-refractivity contribution is -0.125. The number of hydrogen-bond donors (Lipinski definition) is 2. The summed E-state index contributed by atoms with van der Waals surface area (Å²) in [5.74, 6) is -0.591. The van der Waals surface area contributed by atoms with Gasteiger partial charge in [-0.25, -0.2) is 4.79 Å². The smallest absolute Gasteiger partial charge is 0.337 e. The highest BCUT2D eigenvalue weighted by molar-refractivity contribution is 7.80. The number of carbonyl (C=O) groups is 3. The molecule has 0 bridgehead atoms. The number of ether oxygens (including phenoxy) is 1. The monoisotopic (exact) mass is 570 g/mol. The predicted molar refractivity (Wildman–Crippen MR) is 163 cm³/mol. The number of esters is 1. The zero-order valence-corrected chi connectivity index (χ0v) is 23.9. The molecule has 3 aromatic rings. The zero-order chi connectivity index (χ0) is 28.8. The third-order valence-corrected chi connectivity index (χ3v) is 8.24. The van der Waals surface area contributed by atoms with Gasteiger partial charge in [-0.2, -0.15) is 0 Å². The van der Waals surface area contributed by atoms with Gasteiger partial charge >= 0.3 is 5.97 Å². The summed E-state index contributed by atoms with van der Waals surface area (Å²) in [5, 5.41) is 6.28. The molecule has 1 saturated heterocycles. The van der Waals surface area contributed by atoms with Gasteiger partial charge in [0.05, 0.1) is 29.5 Å². The van der Waals surface area contributed by atoms with Crippen LogP contribution in [0, 0.1) is 0 Å². The van der Waals surface area contributed by atoms with Gasteiger partial charge in [0.2, 0.25) is 5.91 Å². The van der Waals surface area contributed by atoms with Gasteiger partial charge in [-0.3, -0.25) is 9.59 Å². The first kappa shape index (κ1) is 28.3. The molecule has 0 aromatic heterocycles. The van der Waals surface area contributed by atoms with Gasteiger partial charge in [-0.05, 0) is 61.0 Å².